The minimum atomic E-state index is 0.508. The molecule has 16 heavy (non-hydrogen) atoms. The Morgan fingerprint density at radius 3 is 3.06 bits per heavy atom. The van der Waals surface area contributed by atoms with Crippen molar-refractivity contribution in [3.8, 4) is 0 Å². The van der Waals surface area contributed by atoms with Crippen LogP contribution in [0.2, 0.25) is 0 Å². The fourth-order valence-corrected chi connectivity index (χ4v) is 2.66. The van der Waals surface area contributed by atoms with E-state index in [0.717, 1.165) is 35.7 Å². The molecule has 0 fully saturated rings. The van der Waals surface area contributed by atoms with Crippen molar-refractivity contribution in [2.45, 2.75) is 26.2 Å². The van der Waals surface area contributed by atoms with Gasteiger partial charge in [-0.1, -0.05) is 24.3 Å². The van der Waals surface area contributed by atoms with Crippen LogP contribution in [0.3, 0.4) is 0 Å². The van der Waals surface area contributed by atoms with E-state index < -0.39 is 0 Å². The Labute approximate surface area is 102 Å². The van der Waals surface area contributed by atoms with E-state index in [1.54, 1.807) is 6.20 Å². The van der Waals surface area contributed by atoms with Gasteiger partial charge in [-0.05, 0) is 43.9 Å². The molecule has 2 aliphatic rings. The van der Waals surface area contributed by atoms with Crippen LogP contribution in [0.5, 0.6) is 0 Å². The third-order valence-corrected chi connectivity index (χ3v) is 3.71. The van der Waals surface area contributed by atoms with Crippen LogP contribution in [0, 0.1) is 5.92 Å². The van der Waals surface area contributed by atoms with Gasteiger partial charge in [0, 0.05) is 16.3 Å². The number of halogens is 1. The average Bonchev–Trinajstić information content (AvgIpc) is 2.27. The molecule has 0 saturated heterocycles. The molecule has 1 atom stereocenters. The average molecular weight is 237 g/mol. The van der Waals surface area contributed by atoms with Crippen LogP contribution < -0.4 is 11.1 Å². The highest BCUT2D eigenvalue weighted by Crippen LogP contribution is 2.41. The number of allylic oxidation sites excluding steroid dienone is 4. The normalized spacial score (nSPS) is 25.1. The molecule has 2 nitrogen and oxygen atoms in total. The van der Waals surface area contributed by atoms with E-state index in [9.17, 15) is 0 Å². The summed E-state index contributed by atoms with van der Waals surface area (Å²) in [6.45, 7) is 5.80. The number of hydrogen-bond acceptors (Lipinski definition) is 2. The van der Waals surface area contributed by atoms with Crippen molar-refractivity contribution in [1.82, 2.24) is 5.32 Å². The highest BCUT2D eigenvalue weighted by atomic mass is 35.5. The highest BCUT2D eigenvalue weighted by molar-refractivity contribution is 6.30. The molecule has 3 N–H and O–H groups in total. The van der Waals surface area contributed by atoms with Gasteiger partial charge in [-0.3, -0.25) is 0 Å². The molecule has 0 aromatic heterocycles. The Morgan fingerprint density at radius 2 is 2.38 bits per heavy atom. The summed E-state index contributed by atoms with van der Waals surface area (Å²) >= 11 is 6.15. The Hall–Kier alpha value is -1.15. The van der Waals surface area contributed by atoms with Crippen molar-refractivity contribution in [3.05, 3.63) is 46.4 Å². The lowest BCUT2D eigenvalue weighted by Gasteiger charge is -2.32. The van der Waals surface area contributed by atoms with E-state index in [-0.39, 0.29) is 0 Å². The number of fused-ring (bicyclic) bond motifs is 1. The van der Waals surface area contributed by atoms with E-state index in [1.165, 1.54) is 11.1 Å². The van der Waals surface area contributed by atoms with Crippen LogP contribution >= 0.6 is 11.6 Å². The molecule has 0 amide bonds. The Bertz CT molecular complexity index is 416. The fraction of sp³-hybridized carbons (Fsp3) is 0.385. The zero-order chi connectivity index (χ0) is 11.7. The molecule has 0 bridgehead atoms. The number of nitrogens with one attached hydrogen (secondary N) is 1. The molecule has 0 saturated carbocycles. The molecular weight excluding hydrogens is 220 g/mol. The molecule has 86 valence electrons. The topological polar surface area (TPSA) is 38.0 Å². The third kappa shape index (κ3) is 1.78. The maximum absolute atomic E-state index is 6.15. The molecule has 3 heteroatoms. The largest absolute Gasteiger partial charge is 0.397 e. The number of hydrogen-bond donors (Lipinski definition) is 2. The molecule has 2 aliphatic carbocycles. The van der Waals surface area contributed by atoms with Gasteiger partial charge < -0.3 is 11.1 Å². The summed E-state index contributed by atoms with van der Waals surface area (Å²) < 4.78 is 0. The summed E-state index contributed by atoms with van der Waals surface area (Å²) in [5.74, 6) is 0.508. The van der Waals surface area contributed by atoms with E-state index >= 15 is 0 Å². The van der Waals surface area contributed by atoms with Gasteiger partial charge in [-0.15, -0.1) is 0 Å². The van der Waals surface area contributed by atoms with Crippen LogP contribution in [0.4, 0.5) is 0 Å². The van der Waals surface area contributed by atoms with Crippen LogP contribution in [0.15, 0.2) is 46.4 Å². The summed E-state index contributed by atoms with van der Waals surface area (Å²) in [5.41, 5.74) is 10.3. The molecule has 0 aromatic carbocycles. The molecule has 1 unspecified atom stereocenters. The van der Waals surface area contributed by atoms with Crippen molar-refractivity contribution >= 4 is 11.6 Å². The van der Waals surface area contributed by atoms with Gasteiger partial charge in [-0.25, -0.2) is 0 Å². The van der Waals surface area contributed by atoms with Crippen LogP contribution in [-0.4, -0.2) is 0 Å². The van der Waals surface area contributed by atoms with Crippen molar-refractivity contribution in [2.24, 2.45) is 11.7 Å². The molecule has 0 radical (unpaired) electrons. The zero-order valence-electron chi connectivity index (χ0n) is 9.52. The molecule has 0 heterocycles. The first-order valence-corrected chi connectivity index (χ1v) is 5.96. The number of nitrogens with two attached hydrogens (primary N) is 1. The van der Waals surface area contributed by atoms with Crippen LogP contribution in [0.1, 0.15) is 26.2 Å². The van der Waals surface area contributed by atoms with Gasteiger partial charge >= 0.3 is 0 Å². The lowest BCUT2D eigenvalue weighted by molar-refractivity contribution is 0.537. The monoisotopic (exact) mass is 236 g/mol. The first-order chi connectivity index (χ1) is 7.65. The van der Waals surface area contributed by atoms with Gasteiger partial charge in [0.25, 0.3) is 0 Å². The highest BCUT2D eigenvalue weighted by Gasteiger charge is 2.29. The van der Waals surface area contributed by atoms with Gasteiger partial charge in [0.05, 0.1) is 5.70 Å². The first-order valence-electron chi connectivity index (χ1n) is 5.58. The maximum Gasteiger partial charge on any atom is 0.0518 e. The van der Waals surface area contributed by atoms with Crippen LogP contribution in [-0.2, 0) is 0 Å². The predicted molar refractivity (Wildman–Crippen MR) is 68.5 cm³/mol. The quantitative estimate of drug-likeness (QED) is 0.773. The lowest BCUT2D eigenvalue weighted by atomic mass is 9.78. The third-order valence-electron chi connectivity index (χ3n) is 3.32. The first kappa shape index (κ1) is 11.3. The SMILES string of the molecule is C=CNC1=C2C(N)=C(Cl)CCC2CC=C1C. The minimum Gasteiger partial charge on any atom is -0.397 e. The zero-order valence-corrected chi connectivity index (χ0v) is 10.3. The summed E-state index contributed by atoms with van der Waals surface area (Å²) in [4.78, 5) is 0. The maximum atomic E-state index is 6.15. The Kier molecular flexibility index (Phi) is 3.10. The van der Waals surface area contributed by atoms with Crippen molar-refractivity contribution in [2.75, 3.05) is 0 Å². The summed E-state index contributed by atoms with van der Waals surface area (Å²) in [7, 11) is 0. The van der Waals surface area contributed by atoms with Crippen molar-refractivity contribution in [1.29, 1.82) is 0 Å². The smallest absolute Gasteiger partial charge is 0.0518 e. The molecule has 0 aromatic rings. The van der Waals surface area contributed by atoms with Gasteiger partial charge in [0.2, 0.25) is 0 Å². The molecule has 0 aliphatic heterocycles. The second-order valence-corrected chi connectivity index (χ2v) is 4.77. The fourth-order valence-electron chi connectivity index (χ4n) is 2.45. The Balaban J connectivity index is 2.53. The molecule has 0 spiro atoms. The predicted octanol–water partition coefficient (Wildman–Crippen LogP) is 3.14. The van der Waals surface area contributed by atoms with Gasteiger partial charge in [0.15, 0.2) is 0 Å². The van der Waals surface area contributed by atoms with Gasteiger partial charge in [-0.2, -0.15) is 0 Å². The van der Waals surface area contributed by atoms with E-state index in [0.29, 0.717) is 5.92 Å². The molecular formula is C13H17ClN2. The summed E-state index contributed by atoms with van der Waals surface area (Å²) in [6, 6.07) is 0. The van der Waals surface area contributed by atoms with Crippen molar-refractivity contribution in [3.63, 3.8) is 0 Å². The summed E-state index contributed by atoms with van der Waals surface area (Å²) in [6.07, 6.45) is 7.00. The number of rotatable bonds is 2. The summed E-state index contributed by atoms with van der Waals surface area (Å²) in [5, 5.41) is 3.98. The van der Waals surface area contributed by atoms with Crippen LogP contribution in [0.25, 0.3) is 0 Å². The second kappa shape index (κ2) is 4.38. The van der Waals surface area contributed by atoms with E-state index in [2.05, 4.69) is 24.9 Å². The second-order valence-electron chi connectivity index (χ2n) is 4.31. The minimum absolute atomic E-state index is 0.508. The van der Waals surface area contributed by atoms with E-state index in [1.807, 2.05) is 0 Å². The standard InChI is InChI=1S/C13H17ClN2/c1-3-16-13-8(2)4-5-9-6-7-10(14)12(15)11(9)13/h3-4,9,16H,1,5-7,15H2,2H3. The van der Waals surface area contributed by atoms with E-state index in [4.69, 9.17) is 17.3 Å². The molecule has 2 rings (SSSR count). The Morgan fingerprint density at radius 1 is 1.62 bits per heavy atom. The van der Waals surface area contributed by atoms with Crippen molar-refractivity contribution < 1.29 is 0 Å². The van der Waals surface area contributed by atoms with Gasteiger partial charge in [0.1, 0.15) is 0 Å². The lowest BCUT2D eigenvalue weighted by Crippen LogP contribution is -2.25.